The van der Waals surface area contributed by atoms with Gasteiger partial charge in [-0.2, -0.15) is 0 Å². The first-order valence-corrected chi connectivity index (χ1v) is 10.4. The van der Waals surface area contributed by atoms with Gasteiger partial charge >= 0.3 is 0 Å². The van der Waals surface area contributed by atoms with Crippen LogP contribution in [0.2, 0.25) is 5.02 Å². The monoisotopic (exact) mass is 451 g/mol. The van der Waals surface area contributed by atoms with Crippen molar-refractivity contribution in [2.75, 3.05) is 6.61 Å². The number of halogens is 3. The number of nitrogens with one attached hydrogen (secondary N) is 1. The van der Waals surface area contributed by atoms with Gasteiger partial charge < -0.3 is 10.1 Å². The number of alkyl halides is 2. The highest BCUT2D eigenvalue weighted by atomic mass is 35.5. The quantitative estimate of drug-likeness (QED) is 0.611. The van der Waals surface area contributed by atoms with Crippen molar-refractivity contribution in [3.63, 3.8) is 0 Å². The number of rotatable bonds is 9. The van der Waals surface area contributed by atoms with Crippen LogP contribution in [0.15, 0.2) is 18.2 Å². The van der Waals surface area contributed by atoms with Crippen LogP contribution in [0.3, 0.4) is 0 Å². The number of Topliss-reactive ketones (excluding diaryl/α,β-unsaturated/α-hetero) is 1. The van der Waals surface area contributed by atoms with Crippen molar-refractivity contribution in [2.24, 2.45) is 5.92 Å². The Kier molecular flexibility index (Phi) is 7.20. The van der Waals surface area contributed by atoms with Gasteiger partial charge in [0.1, 0.15) is 29.7 Å². The van der Waals surface area contributed by atoms with Gasteiger partial charge in [0, 0.05) is 11.6 Å². The summed E-state index contributed by atoms with van der Waals surface area (Å²) in [5.41, 5.74) is 2.06. The number of amides is 1. The van der Waals surface area contributed by atoms with Gasteiger partial charge in [-0.25, -0.2) is 18.7 Å². The molecule has 166 valence electrons. The predicted octanol–water partition coefficient (Wildman–Crippen LogP) is 4.40. The Labute approximate surface area is 184 Å². The van der Waals surface area contributed by atoms with Crippen molar-refractivity contribution in [1.82, 2.24) is 15.3 Å². The maximum absolute atomic E-state index is 12.8. The van der Waals surface area contributed by atoms with Gasteiger partial charge in [0.15, 0.2) is 0 Å². The van der Waals surface area contributed by atoms with Gasteiger partial charge in [-0.05, 0) is 56.9 Å². The van der Waals surface area contributed by atoms with E-state index in [1.54, 1.807) is 39.0 Å². The molecule has 3 rings (SSSR count). The molecule has 1 fully saturated rings. The van der Waals surface area contributed by atoms with Gasteiger partial charge in [-0.15, -0.1) is 0 Å². The molecule has 1 N–H and O–H groups in total. The van der Waals surface area contributed by atoms with E-state index >= 15 is 0 Å². The van der Waals surface area contributed by atoms with Gasteiger partial charge in [0.05, 0.1) is 17.5 Å². The Morgan fingerprint density at radius 3 is 2.55 bits per heavy atom. The Morgan fingerprint density at radius 1 is 1.23 bits per heavy atom. The summed E-state index contributed by atoms with van der Waals surface area (Å²) in [6, 6.07) is 4.43. The van der Waals surface area contributed by atoms with Crippen LogP contribution >= 0.6 is 11.6 Å². The number of carbonyl (C=O) groups is 2. The van der Waals surface area contributed by atoms with Crippen molar-refractivity contribution in [2.45, 2.75) is 52.5 Å². The lowest BCUT2D eigenvalue weighted by Gasteiger charge is -2.18. The van der Waals surface area contributed by atoms with Crippen molar-refractivity contribution in [3.05, 3.63) is 51.6 Å². The smallest absolute Gasteiger partial charge is 0.272 e. The molecule has 0 radical (unpaired) electrons. The highest BCUT2D eigenvalue weighted by molar-refractivity contribution is 6.32. The fraction of sp³-hybridized carbons (Fsp3) is 0.455. The minimum Gasteiger partial charge on any atom is -0.486 e. The van der Waals surface area contributed by atoms with Crippen LogP contribution < -0.4 is 10.1 Å². The molecule has 1 aromatic carbocycles. The van der Waals surface area contributed by atoms with Gasteiger partial charge in [-0.1, -0.05) is 17.7 Å². The van der Waals surface area contributed by atoms with E-state index in [4.69, 9.17) is 16.3 Å². The van der Waals surface area contributed by atoms with Crippen molar-refractivity contribution < 1.29 is 23.1 Å². The Hall–Kier alpha value is -2.61. The molecule has 1 atom stereocenters. The predicted molar refractivity (Wildman–Crippen MR) is 112 cm³/mol. The van der Waals surface area contributed by atoms with Crippen LogP contribution in [-0.2, 0) is 11.2 Å². The van der Waals surface area contributed by atoms with Gasteiger partial charge in [0.2, 0.25) is 0 Å². The van der Waals surface area contributed by atoms with E-state index in [1.165, 1.54) is 0 Å². The SMILES string of the molecule is Cc1cc(C(=O)NC(C)c2cc(C)c(OCC(F)F)c(Cl)c2)nc(CC(=O)C2CC2)n1. The van der Waals surface area contributed by atoms with E-state index in [0.717, 1.165) is 12.8 Å². The molecule has 1 saturated carbocycles. The molecule has 6 nitrogen and oxygen atoms in total. The first kappa shape index (κ1) is 23.1. The number of hydrogen-bond donors (Lipinski definition) is 1. The first-order chi connectivity index (χ1) is 14.6. The Morgan fingerprint density at radius 2 is 1.94 bits per heavy atom. The van der Waals surface area contributed by atoms with Crippen molar-refractivity contribution >= 4 is 23.3 Å². The lowest BCUT2D eigenvalue weighted by molar-refractivity contribution is -0.119. The molecule has 0 aliphatic heterocycles. The normalized spacial score (nSPS) is 14.4. The number of ketones is 1. The van der Waals surface area contributed by atoms with Crippen molar-refractivity contribution in [3.8, 4) is 5.75 Å². The highest BCUT2D eigenvalue weighted by Crippen LogP contribution is 2.32. The van der Waals surface area contributed by atoms with Gasteiger partial charge in [0.25, 0.3) is 12.3 Å². The summed E-state index contributed by atoms with van der Waals surface area (Å²) in [6.45, 7) is 4.47. The lowest BCUT2D eigenvalue weighted by atomic mass is 10.0. The molecular weight excluding hydrogens is 428 g/mol. The average Bonchev–Trinajstić information content (AvgIpc) is 3.51. The number of benzene rings is 1. The standard InChI is InChI=1S/C22H24ClF2N3O3/c1-11-6-15(8-16(23)21(11)31-10-19(24)25)13(3)27-22(30)17-7-12(2)26-20(28-17)9-18(29)14-4-5-14/h6-8,13-14,19H,4-5,9-10H2,1-3H3,(H,27,30). The molecule has 0 saturated heterocycles. The van der Waals surface area contributed by atoms with Crippen LogP contribution in [-0.4, -0.2) is 34.7 Å². The van der Waals surface area contributed by atoms with E-state index in [1.807, 2.05) is 0 Å². The maximum atomic E-state index is 12.8. The third-order valence-corrected chi connectivity index (χ3v) is 5.23. The van der Waals surface area contributed by atoms with E-state index in [-0.39, 0.29) is 34.6 Å². The summed E-state index contributed by atoms with van der Waals surface area (Å²) >= 11 is 6.20. The summed E-state index contributed by atoms with van der Waals surface area (Å²) in [5, 5.41) is 3.04. The van der Waals surface area contributed by atoms with Crippen LogP contribution in [0.4, 0.5) is 8.78 Å². The van der Waals surface area contributed by atoms with Crippen molar-refractivity contribution in [1.29, 1.82) is 0 Å². The minimum absolute atomic E-state index is 0.0991. The highest BCUT2D eigenvalue weighted by Gasteiger charge is 2.30. The van der Waals surface area contributed by atoms with Crippen LogP contribution in [0.1, 0.15) is 58.9 Å². The largest absolute Gasteiger partial charge is 0.486 e. The number of carbonyl (C=O) groups excluding carboxylic acids is 2. The van der Waals surface area contributed by atoms with E-state index in [2.05, 4.69) is 15.3 Å². The molecule has 1 unspecified atom stereocenters. The Bertz CT molecular complexity index is 973. The maximum Gasteiger partial charge on any atom is 0.272 e. The van der Waals surface area contributed by atoms with E-state index < -0.39 is 25.0 Å². The molecular formula is C22H24ClF2N3O3. The zero-order chi connectivity index (χ0) is 22.7. The zero-order valence-electron chi connectivity index (χ0n) is 17.5. The number of ether oxygens (including phenoxy) is 1. The summed E-state index contributed by atoms with van der Waals surface area (Å²) in [6.07, 6.45) is -0.668. The second-order valence-corrected chi connectivity index (χ2v) is 8.18. The molecule has 1 aromatic heterocycles. The van der Waals surface area contributed by atoms with E-state index in [9.17, 15) is 18.4 Å². The fourth-order valence-corrected chi connectivity index (χ4v) is 3.55. The second kappa shape index (κ2) is 9.68. The second-order valence-electron chi connectivity index (χ2n) is 7.77. The molecule has 31 heavy (non-hydrogen) atoms. The molecule has 9 heteroatoms. The zero-order valence-corrected chi connectivity index (χ0v) is 18.3. The molecule has 2 aromatic rings. The van der Waals surface area contributed by atoms with Crippen LogP contribution in [0, 0.1) is 19.8 Å². The Balaban J connectivity index is 1.71. The third kappa shape index (κ3) is 6.19. The fourth-order valence-electron chi connectivity index (χ4n) is 3.22. The minimum atomic E-state index is -2.60. The molecule has 1 heterocycles. The van der Waals surface area contributed by atoms with Crippen LogP contribution in [0.5, 0.6) is 5.75 Å². The summed E-state index contributed by atoms with van der Waals surface area (Å²) < 4.78 is 29.9. The lowest BCUT2D eigenvalue weighted by Crippen LogP contribution is -2.28. The summed E-state index contributed by atoms with van der Waals surface area (Å²) in [4.78, 5) is 33.3. The molecule has 1 aliphatic carbocycles. The first-order valence-electron chi connectivity index (χ1n) is 10.0. The molecule has 1 aliphatic rings. The molecule has 0 spiro atoms. The third-order valence-electron chi connectivity index (χ3n) is 4.95. The number of aryl methyl sites for hydroxylation is 2. The molecule has 0 bridgehead atoms. The number of hydrogen-bond acceptors (Lipinski definition) is 5. The number of nitrogens with zero attached hydrogens (tertiary/aromatic N) is 2. The molecule has 1 amide bonds. The van der Waals surface area contributed by atoms with E-state index in [0.29, 0.717) is 22.6 Å². The topological polar surface area (TPSA) is 81.2 Å². The number of aromatic nitrogens is 2. The summed E-state index contributed by atoms with van der Waals surface area (Å²) in [7, 11) is 0. The average molecular weight is 452 g/mol. The summed E-state index contributed by atoms with van der Waals surface area (Å²) in [5.74, 6) is 0.325. The van der Waals surface area contributed by atoms with Gasteiger partial charge in [-0.3, -0.25) is 9.59 Å². The van der Waals surface area contributed by atoms with Crippen LogP contribution in [0.25, 0.3) is 0 Å².